The summed E-state index contributed by atoms with van der Waals surface area (Å²) in [4.78, 5) is 21.2. The fourth-order valence-corrected chi connectivity index (χ4v) is 3.54. The first-order chi connectivity index (χ1) is 15.2. The number of nitrogens with zero attached hydrogens (tertiary/aromatic N) is 5. The number of hydrogen-bond acceptors (Lipinski definition) is 4. The fraction of sp³-hybridized carbons (Fsp3) is 0.522. The van der Waals surface area contributed by atoms with E-state index in [1.165, 1.54) is 5.56 Å². The lowest BCUT2D eigenvalue weighted by Gasteiger charge is -2.35. The summed E-state index contributed by atoms with van der Waals surface area (Å²) < 4.78 is 7.46. The van der Waals surface area contributed by atoms with Crippen molar-refractivity contribution in [3.05, 3.63) is 48.3 Å². The minimum Gasteiger partial charge on any atom is -0.381 e. The van der Waals surface area contributed by atoms with Gasteiger partial charge in [-0.25, -0.2) is 0 Å². The van der Waals surface area contributed by atoms with Crippen LogP contribution in [0.1, 0.15) is 25.3 Å². The van der Waals surface area contributed by atoms with Crippen molar-refractivity contribution in [1.29, 1.82) is 0 Å². The summed E-state index contributed by atoms with van der Waals surface area (Å²) in [5, 5.41) is 7.48. The van der Waals surface area contributed by atoms with E-state index in [4.69, 9.17) is 9.73 Å². The van der Waals surface area contributed by atoms with Gasteiger partial charge in [-0.05, 0) is 31.7 Å². The Balaban J connectivity index is 1.37. The van der Waals surface area contributed by atoms with E-state index in [0.717, 1.165) is 63.8 Å². The number of hydrogen-bond donors (Lipinski definition) is 1. The predicted molar refractivity (Wildman–Crippen MR) is 123 cm³/mol. The number of carbonyl (C=O) groups is 1. The monoisotopic (exact) mass is 426 g/mol. The summed E-state index contributed by atoms with van der Waals surface area (Å²) in [6, 6.07) is 10.4. The second-order valence-corrected chi connectivity index (χ2v) is 7.63. The van der Waals surface area contributed by atoms with Gasteiger partial charge in [0, 0.05) is 46.0 Å². The molecule has 1 amide bonds. The average Bonchev–Trinajstić information content (AvgIpc) is 3.21. The molecular formula is C23H34N6O2. The third kappa shape index (κ3) is 7.10. The highest BCUT2D eigenvalue weighted by molar-refractivity contribution is 5.98. The topological polar surface area (TPSA) is 75.0 Å². The van der Waals surface area contributed by atoms with Crippen LogP contribution < -0.4 is 10.2 Å². The summed E-state index contributed by atoms with van der Waals surface area (Å²) in [5.74, 6) is 0.878. The maximum atomic E-state index is 12.7. The first-order valence-corrected chi connectivity index (χ1v) is 11.1. The molecule has 8 nitrogen and oxygen atoms in total. The molecule has 168 valence electrons. The normalized spacial score (nSPS) is 14.9. The van der Waals surface area contributed by atoms with Gasteiger partial charge in [0.1, 0.15) is 6.54 Å². The van der Waals surface area contributed by atoms with Gasteiger partial charge in [0.15, 0.2) is 5.96 Å². The van der Waals surface area contributed by atoms with Gasteiger partial charge in [-0.3, -0.25) is 14.5 Å². The minimum absolute atomic E-state index is 0.0664. The van der Waals surface area contributed by atoms with E-state index in [9.17, 15) is 4.79 Å². The molecule has 1 aromatic heterocycles. The van der Waals surface area contributed by atoms with Crippen LogP contribution in [-0.4, -0.2) is 72.5 Å². The number of piperazine rings is 1. The maximum absolute atomic E-state index is 12.7. The maximum Gasteiger partial charge on any atom is 0.246 e. The quantitative estimate of drug-likeness (QED) is 0.358. The fourth-order valence-electron chi connectivity index (χ4n) is 3.54. The number of rotatable bonds is 10. The number of nitrogens with one attached hydrogen (secondary N) is 1. The third-order valence-electron chi connectivity index (χ3n) is 5.19. The highest BCUT2D eigenvalue weighted by Gasteiger charge is 2.27. The Hall–Kier alpha value is -2.87. The molecule has 31 heavy (non-hydrogen) atoms. The van der Waals surface area contributed by atoms with Crippen molar-refractivity contribution in [3.8, 4) is 0 Å². The van der Waals surface area contributed by atoms with Gasteiger partial charge in [0.05, 0.1) is 18.5 Å². The molecule has 0 spiro atoms. The molecule has 0 saturated carbocycles. The molecule has 1 aliphatic heterocycles. The van der Waals surface area contributed by atoms with Crippen LogP contribution in [0.15, 0.2) is 47.7 Å². The molecule has 0 radical (unpaired) electrons. The van der Waals surface area contributed by atoms with E-state index in [-0.39, 0.29) is 5.91 Å². The predicted octanol–water partition coefficient (Wildman–Crippen LogP) is 2.07. The Labute approximate surface area is 184 Å². The molecule has 0 bridgehead atoms. The van der Waals surface area contributed by atoms with Crippen molar-refractivity contribution < 1.29 is 9.53 Å². The standard InChI is InChI=1S/C23H34N6O2/c1-3-24-23(25-12-7-8-15-31-16-11-20-9-5-4-6-10-20)28-13-14-29(22(30)19-28)21-17-26-27(2)18-21/h4-6,9-10,17-18H,3,7-8,11-16,19H2,1-2H3,(H,24,25). The Bertz CT molecular complexity index is 836. The van der Waals surface area contributed by atoms with E-state index < -0.39 is 0 Å². The molecular weight excluding hydrogens is 392 g/mol. The molecule has 1 aromatic carbocycles. The van der Waals surface area contributed by atoms with E-state index in [1.807, 2.05) is 31.1 Å². The van der Waals surface area contributed by atoms with Gasteiger partial charge in [0.25, 0.3) is 0 Å². The van der Waals surface area contributed by atoms with Gasteiger partial charge < -0.3 is 19.9 Å². The molecule has 1 N–H and O–H groups in total. The Morgan fingerprint density at radius 1 is 1.19 bits per heavy atom. The highest BCUT2D eigenvalue weighted by Crippen LogP contribution is 2.16. The second-order valence-electron chi connectivity index (χ2n) is 7.63. The van der Waals surface area contributed by atoms with Crippen LogP contribution in [0, 0.1) is 0 Å². The summed E-state index contributed by atoms with van der Waals surface area (Å²) in [6.07, 6.45) is 6.49. The van der Waals surface area contributed by atoms with Gasteiger partial charge in [0.2, 0.25) is 5.91 Å². The molecule has 1 fully saturated rings. The van der Waals surface area contributed by atoms with Crippen LogP contribution in [0.5, 0.6) is 0 Å². The molecule has 2 aromatic rings. The molecule has 0 aliphatic carbocycles. The largest absolute Gasteiger partial charge is 0.381 e. The third-order valence-corrected chi connectivity index (χ3v) is 5.19. The van der Waals surface area contributed by atoms with E-state index in [0.29, 0.717) is 13.1 Å². The zero-order valence-electron chi connectivity index (χ0n) is 18.7. The van der Waals surface area contributed by atoms with Crippen molar-refractivity contribution in [2.45, 2.75) is 26.2 Å². The van der Waals surface area contributed by atoms with Crippen molar-refractivity contribution in [3.63, 3.8) is 0 Å². The Kier molecular flexibility index (Phi) is 8.90. The lowest BCUT2D eigenvalue weighted by Crippen LogP contribution is -2.55. The van der Waals surface area contributed by atoms with Gasteiger partial charge in [-0.15, -0.1) is 0 Å². The Morgan fingerprint density at radius 3 is 2.74 bits per heavy atom. The number of aromatic nitrogens is 2. The zero-order valence-corrected chi connectivity index (χ0v) is 18.7. The molecule has 0 atom stereocenters. The number of ether oxygens (including phenoxy) is 1. The van der Waals surface area contributed by atoms with Gasteiger partial charge >= 0.3 is 0 Å². The first kappa shape index (κ1) is 22.8. The number of amides is 1. The second kappa shape index (κ2) is 12.1. The van der Waals surface area contributed by atoms with E-state index >= 15 is 0 Å². The highest BCUT2D eigenvalue weighted by atomic mass is 16.5. The molecule has 0 unspecified atom stereocenters. The number of carbonyl (C=O) groups excluding carboxylic acids is 1. The number of aryl methyl sites for hydroxylation is 1. The van der Waals surface area contributed by atoms with Gasteiger partial charge in [-0.2, -0.15) is 5.10 Å². The zero-order chi connectivity index (χ0) is 21.9. The van der Waals surface area contributed by atoms with Crippen molar-refractivity contribution in [1.82, 2.24) is 20.0 Å². The van der Waals surface area contributed by atoms with E-state index in [1.54, 1.807) is 15.8 Å². The van der Waals surface area contributed by atoms with Crippen molar-refractivity contribution >= 4 is 17.6 Å². The lowest BCUT2D eigenvalue weighted by atomic mass is 10.2. The smallest absolute Gasteiger partial charge is 0.246 e. The molecule has 2 heterocycles. The minimum atomic E-state index is 0.0664. The first-order valence-electron chi connectivity index (χ1n) is 11.1. The summed E-state index contributed by atoms with van der Waals surface area (Å²) in [7, 11) is 1.86. The van der Waals surface area contributed by atoms with Gasteiger partial charge in [-0.1, -0.05) is 30.3 Å². The molecule has 8 heteroatoms. The number of anilines is 1. The molecule has 1 aliphatic rings. The van der Waals surface area contributed by atoms with Crippen molar-refractivity contribution in [2.24, 2.45) is 12.0 Å². The lowest BCUT2D eigenvalue weighted by molar-refractivity contribution is -0.120. The van der Waals surface area contributed by atoms with Crippen LogP contribution in [0.2, 0.25) is 0 Å². The number of aliphatic imine (C=N–C) groups is 1. The summed E-state index contributed by atoms with van der Waals surface area (Å²) in [6.45, 7) is 6.74. The van der Waals surface area contributed by atoms with Crippen LogP contribution in [0.25, 0.3) is 0 Å². The number of benzene rings is 1. The summed E-state index contributed by atoms with van der Waals surface area (Å²) >= 11 is 0. The Morgan fingerprint density at radius 2 is 2.03 bits per heavy atom. The van der Waals surface area contributed by atoms with Crippen LogP contribution in [-0.2, 0) is 23.0 Å². The SMILES string of the molecule is CCNC(=NCCCCOCCc1ccccc1)N1CCN(c2cnn(C)c2)C(=O)C1. The summed E-state index contributed by atoms with van der Waals surface area (Å²) in [5.41, 5.74) is 2.15. The van der Waals surface area contributed by atoms with Crippen molar-refractivity contribution in [2.75, 3.05) is 50.8 Å². The van der Waals surface area contributed by atoms with Crippen LogP contribution in [0.4, 0.5) is 5.69 Å². The molecule has 3 rings (SSSR count). The number of guanidine groups is 1. The average molecular weight is 427 g/mol. The number of unbranched alkanes of at least 4 members (excludes halogenated alkanes) is 1. The van der Waals surface area contributed by atoms with Crippen LogP contribution in [0.3, 0.4) is 0 Å². The van der Waals surface area contributed by atoms with E-state index in [2.05, 4.69) is 34.7 Å². The molecule has 1 saturated heterocycles. The van der Waals surface area contributed by atoms with Crippen LogP contribution >= 0.6 is 0 Å².